The number of halogens is 1. The summed E-state index contributed by atoms with van der Waals surface area (Å²) in [5, 5.41) is 0. The summed E-state index contributed by atoms with van der Waals surface area (Å²) in [6.45, 7) is 0. The first kappa shape index (κ1) is 10.1. The number of rotatable bonds is 3. The van der Waals surface area contributed by atoms with E-state index in [0.29, 0.717) is 0 Å². The molecule has 0 radical (unpaired) electrons. The molecule has 76 valence electrons. The number of nitrogens with one attached hydrogen (secondary N) is 2. The van der Waals surface area contributed by atoms with Crippen molar-refractivity contribution in [3.8, 4) is 0 Å². The summed E-state index contributed by atoms with van der Waals surface area (Å²) in [6, 6.07) is 17.9. The molecule has 0 saturated heterocycles. The van der Waals surface area contributed by atoms with Crippen LogP contribution < -0.4 is 10.9 Å². The molecule has 0 amide bonds. The number of hydrogen-bond acceptors (Lipinski definition) is 2. The van der Waals surface area contributed by atoms with Gasteiger partial charge in [-0.3, -0.25) is 5.43 Å². The lowest BCUT2D eigenvalue weighted by Gasteiger charge is -2.10. The summed E-state index contributed by atoms with van der Waals surface area (Å²) in [6.07, 6.45) is 0. The van der Waals surface area contributed by atoms with E-state index in [1.807, 2.05) is 54.6 Å². The van der Waals surface area contributed by atoms with E-state index < -0.39 is 0 Å². The quantitative estimate of drug-likeness (QED) is 0.821. The molecule has 0 fully saturated rings. The van der Waals surface area contributed by atoms with Gasteiger partial charge in [0.15, 0.2) is 0 Å². The van der Waals surface area contributed by atoms with Crippen molar-refractivity contribution in [1.29, 1.82) is 0 Å². The zero-order valence-electron chi connectivity index (χ0n) is 8.07. The van der Waals surface area contributed by atoms with Crippen LogP contribution in [-0.4, -0.2) is 0 Å². The van der Waals surface area contributed by atoms with Crippen molar-refractivity contribution >= 4 is 27.3 Å². The lowest BCUT2D eigenvalue weighted by Crippen LogP contribution is -2.08. The molecule has 2 N–H and O–H groups in total. The Bertz CT molecular complexity index is 429. The summed E-state index contributed by atoms with van der Waals surface area (Å²) in [5.41, 5.74) is 8.30. The maximum atomic E-state index is 3.47. The van der Waals surface area contributed by atoms with E-state index >= 15 is 0 Å². The van der Waals surface area contributed by atoms with Gasteiger partial charge in [0.2, 0.25) is 0 Å². The zero-order valence-corrected chi connectivity index (χ0v) is 9.66. The highest BCUT2D eigenvalue weighted by Gasteiger charge is 1.95. The predicted octanol–water partition coefficient (Wildman–Crippen LogP) is 3.89. The minimum Gasteiger partial charge on any atom is -0.301 e. The summed E-state index contributed by atoms with van der Waals surface area (Å²) >= 11 is 3.47. The second-order valence-corrected chi connectivity index (χ2v) is 3.95. The van der Waals surface area contributed by atoms with Gasteiger partial charge in [0.1, 0.15) is 0 Å². The molecule has 2 aromatic rings. The van der Waals surface area contributed by atoms with Gasteiger partial charge >= 0.3 is 0 Å². The number of para-hydroxylation sites is 2. The molecule has 2 aromatic carbocycles. The molecule has 0 aromatic heterocycles. The van der Waals surface area contributed by atoms with Gasteiger partial charge in [-0.2, -0.15) is 0 Å². The summed E-state index contributed by atoms with van der Waals surface area (Å²) in [5.74, 6) is 0. The lowest BCUT2D eigenvalue weighted by atomic mass is 10.3. The molecule has 2 nitrogen and oxygen atoms in total. The monoisotopic (exact) mass is 262 g/mol. The molecule has 0 unspecified atom stereocenters. The van der Waals surface area contributed by atoms with Crippen molar-refractivity contribution in [2.24, 2.45) is 0 Å². The Morgan fingerprint density at radius 3 is 2.13 bits per heavy atom. The molecule has 3 heteroatoms. The van der Waals surface area contributed by atoms with Crippen LogP contribution >= 0.6 is 15.9 Å². The SMILES string of the molecule is Brc1ccccc1NNc1ccccc1. The van der Waals surface area contributed by atoms with E-state index in [4.69, 9.17) is 0 Å². The molecule has 0 heterocycles. The molecular formula is C12H11BrN2. The minimum absolute atomic E-state index is 1.02. The molecule has 15 heavy (non-hydrogen) atoms. The fourth-order valence-electron chi connectivity index (χ4n) is 1.22. The highest BCUT2D eigenvalue weighted by atomic mass is 79.9. The first-order chi connectivity index (χ1) is 7.36. The highest BCUT2D eigenvalue weighted by molar-refractivity contribution is 9.10. The van der Waals surface area contributed by atoms with Crippen LogP contribution in [0.5, 0.6) is 0 Å². The number of anilines is 2. The molecule has 0 aliphatic carbocycles. The highest BCUT2D eigenvalue weighted by Crippen LogP contribution is 2.21. The van der Waals surface area contributed by atoms with E-state index in [0.717, 1.165) is 15.8 Å². The second kappa shape index (κ2) is 4.84. The normalized spacial score (nSPS) is 9.67. The second-order valence-electron chi connectivity index (χ2n) is 3.10. The van der Waals surface area contributed by atoms with Crippen molar-refractivity contribution in [3.63, 3.8) is 0 Å². The Morgan fingerprint density at radius 2 is 1.40 bits per heavy atom. The van der Waals surface area contributed by atoms with Crippen molar-refractivity contribution < 1.29 is 0 Å². The maximum absolute atomic E-state index is 3.47. The van der Waals surface area contributed by atoms with Crippen LogP contribution in [0.25, 0.3) is 0 Å². The fraction of sp³-hybridized carbons (Fsp3) is 0. The Morgan fingerprint density at radius 1 is 0.733 bits per heavy atom. The van der Waals surface area contributed by atoms with Gasteiger partial charge in [0, 0.05) is 4.47 Å². The van der Waals surface area contributed by atoms with E-state index in [9.17, 15) is 0 Å². The first-order valence-corrected chi connectivity index (χ1v) is 5.47. The first-order valence-electron chi connectivity index (χ1n) is 4.68. The van der Waals surface area contributed by atoms with Gasteiger partial charge in [0.05, 0.1) is 11.4 Å². The molecule has 0 bridgehead atoms. The van der Waals surface area contributed by atoms with Gasteiger partial charge in [-0.1, -0.05) is 30.3 Å². The number of hydrogen-bond donors (Lipinski definition) is 2. The van der Waals surface area contributed by atoms with E-state index in [-0.39, 0.29) is 0 Å². The van der Waals surface area contributed by atoms with Gasteiger partial charge in [0.25, 0.3) is 0 Å². The summed E-state index contributed by atoms with van der Waals surface area (Å²) in [4.78, 5) is 0. The molecule has 0 spiro atoms. The van der Waals surface area contributed by atoms with Crippen LogP contribution in [0.4, 0.5) is 11.4 Å². The third-order valence-electron chi connectivity index (χ3n) is 1.99. The van der Waals surface area contributed by atoms with E-state index in [1.165, 1.54) is 0 Å². The van der Waals surface area contributed by atoms with Crippen LogP contribution in [0.1, 0.15) is 0 Å². The molecule has 2 rings (SSSR count). The molecule has 0 saturated carbocycles. The van der Waals surface area contributed by atoms with Crippen molar-refractivity contribution in [3.05, 3.63) is 59.1 Å². The fourth-order valence-corrected chi connectivity index (χ4v) is 1.61. The number of benzene rings is 2. The van der Waals surface area contributed by atoms with Crippen LogP contribution in [0, 0.1) is 0 Å². The Kier molecular flexibility index (Phi) is 3.25. The van der Waals surface area contributed by atoms with Gasteiger partial charge in [-0.05, 0) is 40.2 Å². The van der Waals surface area contributed by atoms with Crippen molar-refractivity contribution in [1.82, 2.24) is 0 Å². The molecular weight excluding hydrogens is 252 g/mol. The maximum Gasteiger partial charge on any atom is 0.0681 e. The predicted molar refractivity (Wildman–Crippen MR) is 67.8 cm³/mol. The Balaban J connectivity index is 2.03. The zero-order chi connectivity index (χ0) is 10.5. The average molecular weight is 263 g/mol. The van der Waals surface area contributed by atoms with Crippen LogP contribution in [0.3, 0.4) is 0 Å². The Hall–Kier alpha value is -1.48. The van der Waals surface area contributed by atoms with E-state index in [2.05, 4.69) is 26.8 Å². The molecule has 0 aliphatic rings. The van der Waals surface area contributed by atoms with Crippen molar-refractivity contribution in [2.45, 2.75) is 0 Å². The molecule has 0 aliphatic heterocycles. The van der Waals surface area contributed by atoms with Gasteiger partial charge in [-0.15, -0.1) is 0 Å². The standard InChI is InChI=1S/C12H11BrN2/c13-11-8-4-5-9-12(11)15-14-10-6-2-1-3-7-10/h1-9,14-15H. The van der Waals surface area contributed by atoms with Gasteiger partial charge < -0.3 is 5.43 Å². The lowest BCUT2D eigenvalue weighted by molar-refractivity contribution is 1.40. The summed E-state index contributed by atoms with van der Waals surface area (Å²) < 4.78 is 1.04. The Labute approximate surface area is 97.4 Å². The summed E-state index contributed by atoms with van der Waals surface area (Å²) in [7, 11) is 0. The third-order valence-corrected chi connectivity index (χ3v) is 2.68. The largest absolute Gasteiger partial charge is 0.301 e. The van der Waals surface area contributed by atoms with Crippen LogP contribution in [0.2, 0.25) is 0 Å². The minimum atomic E-state index is 1.02. The van der Waals surface area contributed by atoms with Crippen LogP contribution in [0.15, 0.2) is 59.1 Å². The molecule has 0 atom stereocenters. The van der Waals surface area contributed by atoms with Crippen molar-refractivity contribution in [2.75, 3.05) is 10.9 Å². The smallest absolute Gasteiger partial charge is 0.0681 e. The number of hydrazine groups is 1. The average Bonchev–Trinajstić information content (AvgIpc) is 2.29. The van der Waals surface area contributed by atoms with Gasteiger partial charge in [-0.25, -0.2) is 0 Å². The van der Waals surface area contributed by atoms with Crippen LogP contribution in [-0.2, 0) is 0 Å². The topological polar surface area (TPSA) is 24.1 Å². The van der Waals surface area contributed by atoms with E-state index in [1.54, 1.807) is 0 Å². The third kappa shape index (κ3) is 2.73.